The lowest BCUT2D eigenvalue weighted by Gasteiger charge is -2.30. The summed E-state index contributed by atoms with van der Waals surface area (Å²) in [4.78, 5) is 4.55. The van der Waals surface area contributed by atoms with Gasteiger partial charge in [0.1, 0.15) is 11.7 Å². The molecule has 0 radical (unpaired) electrons. The molecular formula is C14H17FN2. The molecule has 0 aromatic heterocycles. The Morgan fingerprint density at radius 1 is 1.18 bits per heavy atom. The zero-order chi connectivity index (χ0) is 11.7. The molecule has 1 saturated carbocycles. The van der Waals surface area contributed by atoms with Crippen LogP contribution in [0.25, 0.3) is 0 Å². The quantitative estimate of drug-likeness (QED) is 0.833. The minimum absolute atomic E-state index is 0.0919. The largest absolute Gasteiger partial charge is 0.371 e. The van der Waals surface area contributed by atoms with Crippen LogP contribution in [0.1, 0.15) is 31.2 Å². The van der Waals surface area contributed by atoms with Crippen molar-refractivity contribution in [3.63, 3.8) is 0 Å². The van der Waals surface area contributed by atoms with Crippen LogP contribution in [0.15, 0.2) is 29.3 Å². The molecule has 0 spiro atoms. The molecule has 2 aliphatic rings. The van der Waals surface area contributed by atoms with E-state index in [4.69, 9.17) is 0 Å². The molecule has 1 heterocycles. The molecule has 3 rings (SSSR count). The summed E-state index contributed by atoms with van der Waals surface area (Å²) in [6.07, 6.45) is 4.35. The summed E-state index contributed by atoms with van der Waals surface area (Å²) in [5.74, 6) is 0.922. The smallest absolute Gasteiger partial charge is 0.127 e. The van der Waals surface area contributed by atoms with Crippen LogP contribution in [0.3, 0.4) is 0 Å². The second-order valence-electron chi connectivity index (χ2n) is 4.93. The Hall–Kier alpha value is -1.38. The van der Waals surface area contributed by atoms with Gasteiger partial charge in [0.2, 0.25) is 0 Å². The third kappa shape index (κ3) is 1.65. The number of halogens is 1. The van der Waals surface area contributed by atoms with Crippen LogP contribution in [0.2, 0.25) is 0 Å². The maximum atomic E-state index is 14.1. The number of rotatable bonds is 2. The first-order valence-electron chi connectivity index (χ1n) is 6.37. The van der Waals surface area contributed by atoms with Crippen molar-refractivity contribution in [1.29, 1.82) is 0 Å². The molecule has 0 atom stereocenters. The summed E-state index contributed by atoms with van der Waals surface area (Å²) >= 11 is 0. The van der Waals surface area contributed by atoms with E-state index in [1.54, 1.807) is 12.1 Å². The van der Waals surface area contributed by atoms with E-state index in [-0.39, 0.29) is 11.2 Å². The highest BCUT2D eigenvalue weighted by Crippen LogP contribution is 2.43. The Morgan fingerprint density at radius 3 is 2.59 bits per heavy atom. The average molecular weight is 232 g/mol. The Morgan fingerprint density at radius 2 is 1.94 bits per heavy atom. The summed E-state index contributed by atoms with van der Waals surface area (Å²) in [6.45, 7) is 1.72. The topological polar surface area (TPSA) is 24.4 Å². The van der Waals surface area contributed by atoms with Crippen molar-refractivity contribution in [2.45, 2.75) is 31.1 Å². The number of hydrogen-bond acceptors (Lipinski definition) is 2. The maximum absolute atomic E-state index is 14.1. The molecule has 2 nitrogen and oxygen atoms in total. The predicted octanol–water partition coefficient (Wildman–Crippen LogP) is 2.64. The number of amidine groups is 1. The predicted molar refractivity (Wildman–Crippen MR) is 66.9 cm³/mol. The van der Waals surface area contributed by atoms with Gasteiger partial charge in [0.05, 0.1) is 12.0 Å². The maximum Gasteiger partial charge on any atom is 0.127 e. The monoisotopic (exact) mass is 232 g/mol. The van der Waals surface area contributed by atoms with Crippen LogP contribution < -0.4 is 5.32 Å². The van der Waals surface area contributed by atoms with E-state index in [9.17, 15) is 4.39 Å². The number of hydrogen-bond donors (Lipinski definition) is 1. The van der Waals surface area contributed by atoms with Gasteiger partial charge in [-0.3, -0.25) is 4.99 Å². The molecule has 3 heteroatoms. The van der Waals surface area contributed by atoms with Gasteiger partial charge in [-0.05, 0) is 18.9 Å². The van der Waals surface area contributed by atoms with Crippen LogP contribution in [-0.4, -0.2) is 18.9 Å². The number of aliphatic imine (C=N–C) groups is 1. The van der Waals surface area contributed by atoms with E-state index in [2.05, 4.69) is 10.3 Å². The molecule has 1 aromatic carbocycles. The second kappa shape index (κ2) is 4.13. The minimum atomic E-state index is -0.179. The van der Waals surface area contributed by atoms with Gasteiger partial charge in [0.25, 0.3) is 0 Å². The average Bonchev–Trinajstić information content (AvgIpc) is 3.01. The third-order valence-corrected chi connectivity index (χ3v) is 3.97. The van der Waals surface area contributed by atoms with E-state index < -0.39 is 0 Å². The molecule has 0 amide bonds. The van der Waals surface area contributed by atoms with Crippen LogP contribution in [-0.2, 0) is 5.41 Å². The van der Waals surface area contributed by atoms with Crippen molar-refractivity contribution in [2.75, 3.05) is 13.1 Å². The molecule has 1 aromatic rings. The first-order valence-corrected chi connectivity index (χ1v) is 6.37. The fourth-order valence-electron chi connectivity index (χ4n) is 3.18. The first-order chi connectivity index (χ1) is 8.33. The normalized spacial score (nSPS) is 22.3. The summed E-state index contributed by atoms with van der Waals surface area (Å²) in [7, 11) is 0. The lowest BCUT2D eigenvalue weighted by Crippen LogP contribution is -2.41. The number of nitrogens with one attached hydrogen (secondary N) is 1. The number of nitrogens with zero attached hydrogens (tertiary/aromatic N) is 1. The molecule has 90 valence electrons. The molecule has 17 heavy (non-hydrogen) atoms. The van der Waals surface area contributed by atoms with E-state index in [0.29, 0.717) is 0 Å². The van der Waals surface area contributed by atoms with Crippen molar-refractivity contribution < 1.29 is 4.39 Å². The Kier molecular flexibility index (Phi) is 2.61. The Labute approximate surface area is 101 Å². The van der Waals surface area contributed by atoms with Gasteiger partial charge in [-0.25, -0.2) is 4.39 Å². The van der Waals surface area contributed by atoms with Crippen LogP contribution >= 0.6 is 0 Å². The highest BCUT2D eigenvalue weighted by molar-refractivity contribution is 5.94. The highest BCUT2D eigenvalue weighted by atomic mass is 19.1. The van der Waals surface area contributed by atoms with Crippen molar-refractivity contribution in [3.8, 4) is 0 Å². The zero-order valence-corrected chi connectivity index (χ0v) is 9.88. The van der Waals surface area contributed by atoms with Gasteiger partial charge in [-0.1, -0.05) is 31.0 Å². The van der Waals surface area contributed by atoms with Crippen molar-refractivity contribution in [3.05, 3.63) is 35.6 Å². The second-order valence-corrected chi connectivity index (χ2v) is 4.93. The lowest BCUT2D eigenvalue weighted by molar-refractivity contribution is 0.524. The molecular weight excluding hydrogens is 215 g/mol. The van der Waals surface area contributed by atoms with Crippen molar-refractivity contribution in [2.24, 2.45) is 4.99 Å². The summed E-state index contributed by atoms with van der Waals surface area (Å²) in [6, 6.07) is 7.16. The number of benzene rings is 1. The van der Waals surface area contributed by atoms with E-state index >= 15 is 0 Å². The molecule has 1 aliphatic heterocycles. The third-order valence-electron chi connectivity index (χ3n) is 3.97. The van der Waals surface area contributed by atoms with Gasteiger partial charge in [0, 0.05) is 12.1 Å². The lowest BCUT2D eigenvalue weighted by atomic mass is 9.77. The van der Waals surface area contributed by atoms with Crippen LogP contribution in [0.5, 0.6) is 0 Å². The molecule has 0 saturated heterocycles. The molecule has 1 N–H and O–H groups in total. The molecule has 1 fully saturated rings. The first kappa shape index (κ1) is 10.8. The van der Waals surface area contributed by atoms with Crippen LogP contribution in [0, 0.1) is 5.82 Å². The fourth-order valence-corrected chi connectivity index (χ4v) is 3.18. The Balaban J connectivity index is 2.08. The van der Waals surface area contributed by atoms with Gasteiger partial charge in [-0.2, -0.15) is 0 Å². The fraction of sp³-hybridized carbons (Fsp3) is 0.500. The van der Waals surface area contributed by atoms with Gasteiger partial charge in [-0.15, -0.1) is 0 Å². The summed E-state index contributed by atoms with van der Waals surface area (Å²) in [5.41, 5.74) is 0.646. The molecule has 0 bridgehead atoms. The SMILES string of the molecule is Fc1ccccc1C1(C2=NCCN2)CCCC1. The minimum Gasteiger partial charge on any atom is -0.371 e. The molecule has 0 unspecified atom stereocenters. The van der Waals surface area contributed by atoms with Crippen LogP contribution in [0.4, 0.5) is 4.39 Å². The highest BCUT2D eigenvalue weighted by Gasteiger charge is 2.43. The van der Waals surface area contributed by atoms with E-state index in [1.807, 2.05) is 12.1 Å². The van der Waals surface area contributed by atoms with Crippen molar-refractivity contribution >= 4 is 5.84 Å². The van der Waals surface area contributed by atoms with Gasteiger partial charge >= 0.3 is 0 Å². The Bertz CT molecular complexity index is 447. The van der Waals surface area contributed by atoms with Gasteiger partial charge < -0.3 is 5.32 Å². The van der Waals surface area contributed by atoms with E-state index in [0.717, 1.165) is 50.2 Å². The summed E-state index contributed by atoms with van der Waals surface area (Å²) < 4.78 is 14.1. The van der Waals surface area contributed by atoms with E-state index in [1.165, 1.54) is 0 Å². The summed E-state index contributed by atoms with van der Waals surface area (Å²) in [5, 5.41) is 3.35. The standard InChI is InChI=1S/C14H17FN2/c15-12-6-2-1-5-11(12)14(7-3-4-8-14)13-16-9-10-17-13/h1-2,5-6H,3-4,7-10H2,(H,16,17). The van der Waals surface area contributed by atoms with Gasteiger partial charge in [0.15, 0.2) is 0 Å². The zero-order valence-electron chi connectivity index (χ0n) is 9.88. The van der Waals surface area contributed by atoms with Crippen molar-refractivity contribution in [1.82, 2.24) is 5.32 Å². The molecule has 1 aliphatic carbocycles.